The molecule has 0 aliphatic heterocycles. The van der Waals surface area contributed by atoms with E-state index in [1.54, 1.807) is 36.4 Å². The van der Waals surface area contributed by atoms with E-state index in [9.17, 15) is 4.79 Å². The molecule has 0 aliphatic rings. The molecule has 0 unspecified atom stereocenters. The third-order valence-electron chi connectivity index (χ3n) is 1.96. The van der Waals surface area contributed by atoms with Crippen molar-refractivity contribution in [2.45, 2.75) is 0 Å². The Morgan fingerprint density at radius 1 is 1.24 bits per heavy atom. The zero-order valence-electron chi connectivity index (χ0n) is 8.63. The third kappa shape index (κ3) is 2.95. The van der Waals surface area contributed by atoms with Crippen molar-refractivity contribution < 1.29 is 14.6 Å². The van der Waals surface area contributed by atoms with E-state index in [0.717, 1.165) is 0 Å². The van der Waals surface area contributed by atoms with Crippen LogP contribution in [0.3, 0.4) is 0 Å². The van der Waals surface area contributed by atoms with Gasteiger partial charge in [-0.15, -0.1) is 0 Å². The molecule has 0 bridgehead atoms. The van der Waals surface area contributed by atoms with Gasteiger partial charge in [0.25, 0.3) is 0 Å². The van der Waals surface area contributed by atoms with Crippen LogP contribution in [0.2, 0.25) is 5.02 Å². The van der Waals surface area contributed by atoms with Crippen LogP contribution >= 0.6 is 11.6 Å². The summed E-state index contributed by atoms with van der Waals surface area (Å²) in [6, 6.07) is 11.3. The third-order valence-corrected chi connectivity index (χ3v) is 2.20. The number of hydrogen-bond donors (Lipinski definition) is 1. The van der Waals surface area contributed by atoms with Crippen molar-refractivity contribution >= 4 is 17.6 Å². The largest absolute Gasteiger partial charge is 0.477 e. The molecular weight excluding hydrogens is 242 g/mol. The molecule has 1 aromatic heterocycles. The molecule has 0 amide bonds. The molecule has 86 valence electrons. The predicted octanol–water partition coefficient (Wildman–Crippen LogP) is 3.23. The molecule has 0 radical (unpaired) electrons. The topological polar surface area (TPSA) is 59.4 Å². The van der Waals surface area contributed by atoms with E-state index >= 15 is 0 Å². The first-order chi connectivity index (χ1) is 8.15. The Bertz CT molecular complexity index is 557. The normalized spacial score (nSPS) is 9.94. The van der Waals surface area contributed by atoms with E-state index in [1.165, 1.54) is 6.07 Å². The summed E-state index contributed by atoms with van der Waals surface area (Å²) in [7, 11) is 0. The van der Waals surface area contributed by atoms with Gasteiger partial charge in [-0.05, 0) is 24.3 Å². The maximum absolute atomic E-state index is 10.7. The zero-order chi connectivity index (χ0) is 12.3. The Labute approximate surface area is 102 Å². The second-order valence-electron chi connectivity index (χ2n) is 3.23. The van der Waals surface area contributed by atoms with Crippen molar-refractivity contribution in [2.75, 3.05) is 0 Å². The van der Waals surface area contributed by atoms with Crippen LogP contribution < -0.4 is 4.74 Å². The summed E-state index contributed by atoms with van der Waals surface area (Å²) in [5.41, 5.74) is -0.0653. The zero-order valence-corrected chi connectivity index (χ0v) is 9.39. The number of nitrogens with zero attached hydrogens (tertiary/aromatic N) is 1. The summed E-state index contributed by atoms with van der Waals surface area (Å²) in [5.74, 6) is -0.374. The van der Waals surface area contributed by atoms with Crippen LogP contribution in [0.1, 0.15) is 10.5 Å². The van der Waals surface area contributed by atoms with Gasteiger partial charge in [-0.1, -0.05) is 23.7 Å². The number of rotatable bonds is 3. The monoisotopic (exact) mass is 249 g/mol. The first kappa shape index (κ1) is 11.4. The predicted molar refractivity (Wildman–Crippen MR) is 62.7 cm³/mol. The molecule has 4 nitrogen and oxygen atoms in total. The second kappa shape index (κ2) is 4.84. The van der Waals surface area contributed by atoms with Crippen LogP contribution in [-0.2, 0) is 0 Å². The lowest BCUT2D eigenvalue weighted by Crippen LogP contribution is -2.00. The van der Waals surface area contributed by atoms with Crippen molar-refractivity contribution in [3.8, 4) is 11.6 Å². The molecule has 1 heterocycles. The maximum Gasteiger partial charge on any atom is 0.354 e. The number of hydrogen-bond acceptors (Lipinski definition) is 3. The molecule has 1 aromatic carbocycles. The fourth-order valence-corrected chi connectivity index (χ4v) is 1.42. The first-order valence-corrected chi connectivity index (χ1v) is 5.17. The van der Waals surface area contributed by atoms with Crippen LogP contribution in [0.5, 0.6) is 11.6 Å². The van der Waals surface area contributed by atoms with Crippen LogP contribution in [0.15, 0.2) is 42.5 Å². The van der Waals surface area contributed by atoms with Crippen molar-refractivity contribution in [2.24, 2.45) is 0 Å². The number of carboxylic acid groups (broad SMARTS) is 1. The van der Waals surface area contributed by atoms with Crippen LogP contribution in [0.4, 0.5) is 0 Å². The van der Waals surface area contributed by atoms with Gasteiger partial charge in [0.2, 0.25) is 5.88 Å². The van der Waals surface area contributed by atoms with Gasteiger partial charge in [0.05, 0.1) is 0 Å². The van der Waals surface area contributed by atoms with Gasteiger partial charge in [-0.3, -0.25) is 0 Å². The number of pyridine rings is 1. The smallest absolute Gasteiger partial charge is 0.354 e. The fourth-order valence-electron chi connectivity index (χ4n) is 1.24. The fraction of sp³-hybridized carbons (Fsp3) is 0. The summed E-state index contributed by atoms with van der Waals surface area (Å²) in [6.07, 6.45) is 0. The molecule has 0 saturated carbocycles. The van der Waals surface area contributed by atoms with Gasteiger partial charge in [-0.2, -0.15) is 0 Å². The highest BCUT2D eigenvalue weighted by molar-refractivity contribution is 6.30. The minimum absolute atomic E-state index is 0.0653. The van der Waals surface area contributed by atoms with E-state index in [-0.39, 0.29) is 11.6 Å². The molecule has 2 rings (SSSR count). The van der Waals surface area contributed by atoms with Gasteiger partial charge in [-0.25, -0.2) is 9.78 Å². The lowest BCUT2D eigenvalue weighted by atomic mass is 10.3. The SMILES string of the molecule is O=C(O)c1cccc(Oc2cccc(Cl)c2)n1. The maximum atomic E-state index is 10.7. The summed E-state index contributed by atoms with van der Waals surface area (Å²) >= 11 is 5.80. The molecule has 17 heavy (non-hydrogen) atoms. The number of carbonyl (C=O) groups is 1. The number of ether oxygens (including phenoxy) is 1. The van der Waals surface area contributed by atoms with Crippen molar-refractivity contribution in [3.63, 3.8) is 0 Å². The van der Waals surface area contributed by atoms with Crippen molar-refractivity contribution in [1.29, 1.82) is 0 Å². The Kier molecular flexibility index (Phi) is 3.25. The Morgan fingerprint density at radius 2 is 2.00 bits per heavy atom. The van der Waals surface area contributed by atoms with Crippen molar-refractivity contribution in [3.05, 3.63) is 53.2 Å². The van der Waals surface area contributed by atoms with E-state index in [2.05, 4.69) is 4.98 Å². The second-order valence-corrected chi connectivity index (χ2v) is 3.66. The van der Waals surface area contributed by atoms with Crippen LogP contribution in [0, 0.1) is 0 Å². The van der Waals surface area contributed by atoms with Gasteiger partial charge in [0.15, 0.2) is 5.69 Å². The standard InChI is InChI=1S/C12H8ClNO3/c13-8-3-1-4-9(7-8)17-11-6-2-5-10(14-11)12(15)16/h1-7H,(H,15,16). The average molecular weight is 250 g/mol. The number of aromatic nitrogens is 1. The van der Waals surface area contributed by atoms with Crippen molar-refractivity contribution in [1.82, 2.24) is 4.98 Å². The lowest BCUT2D eigenvalue weighted by molar-refractivity contribution is 0.0689. The number of halogens is 1. The van der Waals surface area contributed by atoms with Gasteiger partial charge in [0, 0.05) is 11.1 Å². The Hall–Kier alpha value is -2.07. The summed E-state index contributed by atoms with van der Waals surface area (Å²) in [4.78, 5) is 14.6. The van der Waals surface area contributed by atoms with Crippen LogP contribution in [0.25, 0.3) is 0 Å². The molecular formula is C12H8ClNO3. The summed E-state index contributed by atoms with van der Waals surface area (Å²) in [5, 5.41) is 9.32. The summed E-state index contributed by atoms with van der Waals surface area (Å²) < 4.78 is 5.39. The lowest BCUT2D eigenvalue weighted by Gasteiger charge is -2.05. The highest BCUT2D eigenvalue weighted by Crippen LogP contribution is 2.22. The quantitative estimate of drug-likeness (QED) is 0.907. The van der Waals surface area contributed by atoms with Gasteiger partial charge in [0.1, 0.15) is 5.75 Å². The highest BCUT2D eigenvalue weighted by atomic mass is 35.5. The molecule has 2 aromatic rings. The van der Waals surface area contributed by atoms with E-state index in [0.29, 0.717) is 10.8 Å². The number of benzene rings is 1. The van der Waals surface area contributed by atoms with E-state index < -0.39 is 5.97 Å². The van der Waals surface area contributed by atoms with Gasteiger partial charge < -0.3 is 9.84 Å². The minimum atomic E-state index is -1.10. The molecule has 0 fully saturated rings. The van der Waals surface area contributed by atoms with Gasteiger partial charge >= 0.3 is 5.97 Å². The molecule has 1 N–H and O–H groups in total. The first-order valence-electron chi connectivity index (χ1n) is 4.79. The molecule has 0 aliphatic carbocycles. The van der Waals surface area contributed by atoms with E-state index in [4.69, 9.17) is 21.4 Å². The Balaban J connectivity index is 2.24. The number of carboxylic acids is 1. The average Bonchev–Trinajstić information content (AvgIpc) is 2.29. The molecule has 0 saturated heterocycles. The molecule has 5 heteroatoms. The summed E-state index contributed by atoms with van der Waals surface area (Å²) in [6.45, 7) is 0. The number of aromatic carboxylic acids is 1. The highest BCUT2D eigenvalue weighted by Gasteiger charge is 2.06. The molecule has 0 spiro atoms. The minimum Gasteiger partial charge on any atom is -0.477 e. The van der Waals surface area contributed by atoms with Crippen LogP contribution in [-0.4, -0.2) is 16.1 Å². The van der Waals surface area contributed by atoms with E-state index in [1.807, 2.05) is 0 Å². The Morgan fingerprint density at radius 3 is 2.71 bits per heavy atom. The molecule has 0 atom stereocenters.